The highest BCUT2D eigenvalue weighted by atomic mass is 16.6. The summed E-state index contributed by atoms with van der Waals surface area (Å²) in [5.41, 5.74) is 0. The minimum absolute atomic E-state index is 0.0324. The standard InChI is InChI=1S/C14H24O5/c1-2-3-4-9-18-13(15)7-8-14(16)19-11-12-6-5-10-17-12/h12H,2-11H2,1H3. The highest BCUT2D eigenvalue weighted by Gasteiger charge is 2.17. The summed E-state index contributed by atoms with van der Waals surface area (Å²) in [6, 6.07) is 0. The Morgan fingerprint density at radius 3 is 2.53 bits per heavy atom. The minimum Gasteiger partial charge on any atom is -0.466 e. The lowest BCUT2D eigenvalue weighted by atomic mass is 10.2. The van der Waals surface area contributed by atoms with Crippen LogP contribution in [-0.2, 0) is 23.8 Å². The maximum atomic E-state index is 11.4. The van der Waals surface area contributed by atoms with Gasteiger partial charge in [0, 0.05) is 6.61 Å². The lowest BCUT2D eigenvalue weighted by molar-refractivity contribution is -0.152. The van der Waals surface area contributed by atoms with E-state index in [1.165, 1.54) is 0 Å². The number of carbonyl (C=O) groups excluding carboxylic acids is 2. The van der Waals surface area contributed by atoms with Crippen molar-refractivity contribution < 1.29 is 23.8 Å². The van der Waals surface area contributed by atoms with Crippen molar-refractivity contribution in [3.05, 3.63) is 0 Å². The quantitative estimate of drug-likeness (QED) is 0.476. The fraction of sp³-hybridized carbons (Fsp3) is 0.857. The number of rotatable bonds is 9. The van der Waals surface area contributed by atoms with E-state index >= 15 is 0 Å². The Morgan fingerprint density at radius 2 is 1.89 bits per heavy atom. The van der Waals surface area contributed by atoms with Crippen LogP contribution in [0.25, 0.3) is 0 Å². The van der Waals surface area contributed by atoms with Gasteiger partial charge in [0.05, 0.1) is 25.6 Å². The summed E-state index contributed by atoms with van der Waals surface area (Å²) < 4.78 is 15.4. The van der Waals surface area contributed by atoms with E-state index in [4.69, 9.17) is 14.2 Å². The zero-order valence-electron chi connectivity index (χ0n) is 11.7. The molecule has 0 aromatic carbocycles. The van der Waals surface area contributed by atoms with Crippen LogP contribution in [0.3, 0.4) is 0 Å². The van der Waals surface area contributed by atoms with Crippen LogP contribution in [0.5, 0.6) is 0 Å². The van der Waals surface area contributed by atoms with E-state index in [9.17, 15) is 9.59 Å². The third-order valence-corrected chi connectivity index (χ3v) is 3.00. The van der Waals surface area contributed by atoms with E-state index in [1.54, 1.807) is 0 Å². The molecule has 1 unspecified atom stereocenters. The molecular weight excluding hydrogens is 248 g/mol. The topological polar surface area (TPSA) is 61.8 Å². The number of ether oxygens (including phenoxy) is 3. The van der Waals surface area contributed by atoms with E-state index in [0.717, 1.165) is 38.7 Å². The lowest BCUT2D eigenvalue weighted by Crippen LogP contribution is -2.18. The summed E-state index contributed by atoms with van der Waals surface area (Å²) >= 11 is 0. The number of carbonyl (C=O) groups is 2. The predicted molar refractivity (Wildman–Crippen MR) is 69.7 cm³/mol. The average Bonchev–Trinajstić information content (AvgIpc) is 2.92. The molecule has 0 radical (unpaired) electrons. The van der Waals surface area contributed by atoms with Crippen LogP contribution in [0.4, 0.5) is 0 Å². The summed E-state index contributed by atoms with van der Waals surface area (Å²) in [6.07, 6.45) is 5.19. The van der Waals surface area contributed by atoms with E-state index in [-0.39, 0.29) is 30.9 Å². The van der Waals surface area contributed by atoms with E-state index in [2.05, 4.69) is 6.92 Å². The first kappa shape index (κ1) is 16.0. The fourth-order valence-corrected chi connectivity index (χ4v) is 1.85. The van der Waals surface area contributed by atoms with Crippen molar-refractivity contribution in [1.82, 2.24) is 0 Å². The molecule has 110 valence electrons. The van der Waals surface area contributed by atoms with Gasteiger partial charge in [-0.1, -0.05) is 19.8 Å². The Kier molecular flexibility index (Phi) is 8.21. The Hall–Kier alpha value is -1.10. The molecule has 5 nitrogen and oxygen atoms in total. The zero-order chi connectivity index (χ0) is 13.9. The van der Waals surface area contributed by atoms with Gasteiger partial charge in [0.2, 0.25) is 0 Å². The normalized spacial score (nSPS) is 18.3. The molecular formula is C14H24O5. The van der Waals surface area contributed by atoms with Crippen LogP contribution in [0.2, 0.25) is 0 Å². The second-order valence-electron chi connectivity index (χ2n) is 4.75. The summed E-state index contributed by atoms with van der Waals surface area (Å²) in [6.45, 7) is 3.57. The monoisotopic (exact) mass is 272 g/mol. The Labute approximate surface area is 114 Å². The van der Waals surface area contributed by atoms with Gasteiger partial charge < -0.3 is 14.2 Å². The highest BCUT2D eigenvalue weighted by molar-refractivity contribution is 5.77. The molecule has 0 aromatic heterocycles. The second-order valence-corrected chi connectivity index (χ2v) is 4.75. The molecule has 5 heteroatoms. The summed E-state index contributed by atoms with van der Waals surface area (Å²) in [7, 11) is 0. The summed E-state index contributed by atoms with van der Waals surface area (Å²) in [5.74, 6) is -0.689. The SMILES string of the molecule is CCCCCOC(=O)CCC(=O)OCC1CCCO1. The molecule has 1 atom stereocenters. The van der Waals surface area contributed by atoms with Gasteiger partial charge in [0.1, 0.15) is 6.61 Å². The highest BCUT2D eigenvalue weighted by Crippen LogP contribution is 2.12. The van der Waals surface area contributed by atoms with E-state index in [0.29, 0.717) is 13.2 Å². The van der Waals surface area contributed by atoms with Gasteiger partial charge in [-0.15, -0.1) is 0 Å². The van der Waals surface area contributed by atoms with Crippen LogP contribution in [-0.4, -0.2) is 37.9 Å². The molecule has 0 bridgehead atoms. The van der Waals surface area contributed by atoms with Gasteiger partial charge in [-0.05, 0) is 19.3 Å². The Balaban J connectivity index is 1.97. The third kappa shape index (κ3) is 7.82. The molecule has 1 saturated heterocycles. The summed E-state index contributed by atoms with van der Waals surface area (Å²) in [4.78, 5) is 22.7. The molecule has 0 spiro atoms. The molecule has 0 aliphatic carbocycles. The van der Waals surface area contributed by atoms with Crippen LogP contribution in [0.15, 0.2) is 0 Å². The molecule has 0 N–H and O–H groups in total. The van der Waals surface area contributed by atoms with Crippen LogP contribution >= 0.6 is 0 Å². The van der Waals surface area contributed by atoms with Crippen LogP contribution < -0.4 is 0 Å². The average molecular weight is 272 g/mol. The van der Waals surface area contributed by atoms with Crippen LogP contribution in [0, 0.1) is 0 Å². The van der Waals surface area contributed by atoms with Crippen molar-refractivity contribution in [1.29, 1.82) is 0 Å². The van der Waals surface area contributed by atoms with E-state index < -0.39 is 0 Å². The molecule has 0 amide bonds. The first-order valence-corrected chi connectivity index (χ1v) is 7.15. The molecule has 19 heavy (non-hydrogen) atoms. The largest absolute Gasteiger partial charge is 0.466 e. The maximum Gasteiger partial charge on any atom is 0.306 e. The molecule has 1 rings (SSSR count). The number of hydrogen-bond acceptors (Lipinski definition) is 5. The Morgan fingerprint density at radius 1 is 1.16 bits per heavy atom. The second kappa shape index (κ2) is 9.78. The molecule has 0 saturated carbocycles. The lowest BCUT2D eigenvalue weighted by Gasteiger charge is -2.10. The molecule has 1 aliphatic heterocycles. The predicted octanol–water partition coefficient (Wildman–Crippen LogP) is 2.22. The minimum atomic E-state index is -0.360. The van der Waals surface area contributed by atoms with Gasteiger partial charge >= 0.3 is 11.9 Å². The first-order valence-electron chi connectivity index (χ1n) is 7.15. The third-order valence-electron chi connectivity index (χ3n) is 3.00. The number of esters is 2. The summed E-state index contributed by atoms with van der Waals surface area (Å²) in [5, 5.41) is 0. The smallest absolute Gasteiger partial charge is 0.306 e. The Bertz CT molecular complexity index is 271. The molecule has 1 heterocycles. The number of unbranched alkanes of at least 4 members (excludes halogenated alkanes) is 2. The van der Waals surface area contributed by atoms with Crippen molar-refractivity contribution in [3.8, 4) is 0 Å². The first-order chi connectivity index (χ1) is 9.22. The van der Waals surface area contributed by atoms with Gasteiger partial charge in [-0.3, -0.25) is 9.59 Å². The van der Waals surface area contributed by atoms with Crippen molar-refractivity contribution >= 4 is 11.9 Å². The molecule has 1 aliphatic rings. The van der Waals surface area contributed by atoms with Gasteiger partial charge in [0.15, 0.2) is 0 Å². The van der Waals surface area contributed by atoms with Crippen molar-refractivity contribution in [2.24, 2.45) is 0 Å². The molecule has 1 fully saturated rings. The molecule has 0 aromatic rings. The fourth-order valence-electron chi connectivity index (χ4n) is 1.85. The van der Waals surface area contributed by atoms with Crippen LogP contribution in [0.1, 0.15) is 51.9 Å². The zero-order valence-corrected chi connectivity index (χ0v) is 11.7. The van der Waals surface area contributed by atoms with Crippen molar-refractivity contribution in [2.45, 2.75) is 58.0 Å². The van der Waals surface area contributed by atoms with E-state index in [1.807, 2.05) is 0 Å². The van der Waals surface area contributed by atoms with Crippen molar-refractivity contribution in [2.75, 3.05) is 19.8 Å². The van der Waals surface area contributed by atoms with Gasteiger partial charge in [0.25, 0.3) is 0 Å². The van der Waals surface area contributed by atoms with Gasteiger partial charge in [-0.2, -0.15) is 0 Å². The van der Waals surface area contributed by atoms with Gasteiger partial charge in [-0.25, -0.2) is 0 Å². The number of hydrogen-bond donors (Lipinski definition) is 0. The maximum absolute atomic E-state index is 11.4. The van der Waals surface area contributed by atoms with Crippen molar-refractivity contribution in [3.63, 3.8) is 0 Å².